The van der Waals surface area contributed by atoms with Crippen molar-refractivity contribution < 1.29 is 19.4 Å². The zero-order valence-electron chi connectivity index (χ0n) is 25.1. The molecular formula is C34H40N4O4S. The normalized spacial score (nSPS) is 12.5. The first kappa shape index (κ1) is 31.9. The third kappa shape index (κ3) is 9.22. The maximum atomic E-state index is 13.5. The number of benzene rings is 3. The van der Waals surface area contributed by atoms with Crippen LogP contribution < -0.4 is 15.4 Å². The van der Waals surface area contributed by atoms with E-state index in [9.17, 15) is 14.7 Å². The van der Waals surface area contributed by atoms with Gasteiger partial charge in [0, 0.05) is 41.3 Å². The highest BCUT2D eigenvalue weighted by atomic mass is 32.1. The average molecular weight is 601 g/mol. The first-order valence-corrected chi connectivity index (χ1v) is 15.3. The lowest BCUT2D eigenvalue weighted by Crippen LogP contribution is -2.48. The van der Waals surface area contributed by atoms with E-state index in [0.29, 0.717) is 30.6 Å². The molecule has 0 radical (unpaired) electrons. The maximum Gasteiger partial charge on any atom is 0.254 e. The molecule has 43 heavy (non-hydrogen) atoms. The molecule has 2 atom stereocenters. The van der Waals surface area contributed by atoms with Gasteiger partial charge in [0.25, 0.3) is 11.8 Å². The van der Waals surface area contributed by atoms with Crippen molar-refractivity contribution in [1.82, 2.24) is 20.5 Å². The quantitative estimate of drug-likeness (QED) is 0.188. The van der Waals surface area contributed by atoms with Crippen LogP contribution in [0.15, 0.2) is 84.2 Å². The van der Waals surface area contributed by atoms with Gasteiger partial charge in [-0.15, -0.1) is 11.3 Å². The molecule has 0 saturated carbocycles. The van der Waals surface area contributed by atoms with Crippen LogP contribution in [0.1, 0.15) is 56.4 Å². The van der Waals surface area contributed by atoms with E-state index in [-0.39, 0.29) is 24.4 Å². The minimum Gasteiger partial charge on any atom is -0.497 e. The average Bonchev–Trinajstić information content (AvgIpc) is 3.44. The lowest BCUT2D eigenvalue weighted by molar-refractivity contribution is 0.0690. The fraction of sp³-hybridized carbons (Fsp3) is 0.324. The molecule has 0 aliphatic carbocycles. The fourth-order valence-electron chi connectivity index (χ4n) is 4.76. The summed E-state index contributed by atoms with van der Waals surface area (Å²) >= 11 is 1.53. The number of hydrogen-bond donors (Lipinski definition) is 3. The summed E-state index contributed by atoms with van der Waals surface area (Å²) in [6, 6.07) is 23.6. The maximum absolute atomic E-state index is 13.5. The van der Waals surface area contributed by atoms with Crippen molar-refractivity contribution in [2.24, 2.45) is 0 Å². The molecule has 2 amide bonds. The molecule has 3 N–H and O–H groups in total. The summed E-state index contributed by atoms with van der Waals surface area (Å²) in [5.41, 5.74) is 3.73. The van der Waals surface area contributed by atoms with Gasteiger partial charge in [-0.05, 0) is 68.7 Å². The van der Waals surface area contributed by atoms with Gasteiger partial charge in [-0.3, -0.25) is 9.59 Å². The Bertz CT molecular complexity index is 1490. The number of nitrogens with zero attached hydrogens (tertiary/aromatic N) is 2. The second-order valence-corrected chi connectivity index (χ2v) is 11.8. The van der Waals surface area contributed by atoms with Crippen molar-refractivity contribution >= 4 is 23.2 Å². The van der Waals surface area contributed by atoms with Gasteiger partial charge in [0.1, 0.15) is 10.8 Å². The number of aromatic nitrogens is 1. The highest BCUT2D eigenvalue weighted by Gasteiger charge is 2.24. The van der Waals surface area contributed by atoms with E-state index >= 15 is 0 Å². The Hall–Kier alpha value is -4.05. The van der Waals surface area contributed by atoms with E-state index in [1.807, 2.05) is 80.7 Å². The van der Waals surface area contributed by atoms with Gasteiger partial charge >= 0.3 is 0 Å². The molecule has 4 aromatic rings. The first-order chi connectivity index (χ1) is 20.7. The number of ether oxygens (including phenoxy) is 1. The smallest absolute Gasteiger partial charge is 0.254 e. The van der Waals surface area contributed by atoms with Crippen LogP contribution >= 0.6 is 11.3 Å². The molecule has 0 spiro atoms. The Kier molecular flexibility index (Phi) is 11.4. The molecule has 2 unspecified atom stereocenters. The van der Waals surface area contributed by atoms with Crippen molar-refractivity contribution in [1.29, 1.82) is 0 Å². The molecule has 0 bridgehead atoms. The van der Waals surface area contributed by atoms with Crippen molar-refractivity contribution in [2.45, 2.75) is 58.5 Å². The highest BCUT2D eigenvalue weighted by molar-refractivity contribution is 7.09. The Labute approximate surface area is 257 Å². The monoisotopic (exact) mass is 600 g/mol. The predicted molar refractivity (Wildman–Crippen MR) is 170 cm³/mol. The molecule has 226 valence electrons. The number of aliphatic hydroxyl groups is 1. The van der Waals surface area contributed by atoms with Gasteiger partial charge in [0.2, 0.25) is 0 Å². The lowest BCUT2D eigenvalue weighted by atomic mass is 10.00. The van der Waals surface area contributed by atoms with E-state index in [1.165, 1.54) is 11.3 Å². The lowest BCUT2D eigenvalue weighted by Gasteiger charge is -2.26. The second-order valence-electron chi connectivity index (χ2n) is 10.8. The van der Waals surface area contributed by atoms with Crippen LogP contribution in [-0.2, 0) is 19.5 Å². The summed E-state index contributed by atoms with van der Waals surface area (Å²) in [5, 5.41) is 20.3. The largest absolute Gasteiger partial charge is 0.497 e. The molecule has 1 heterocycles. The van der Waals surface area contributed by atoms with Crippen LogP contribution in [0.5, 0.6) is 5.75 Å². The molecular weight excluding hydrogens is 560 g/mol. The molecule has 0 aliphatic rings. The van der Waals surface area contributed by atoms with Crippen LogP contribution in [-0.4, -0.2) is 58.6 Å². The number of amides is 2. The predicted octanol–water partition coefficient (Wildman–Crippen LogP) is 5.00. The number of rotatable bonds is 14. The van der Waals surface area contributed by atoms with Crippen molar-refractivity contribution in [3.05, 3.63) is 117 Å². The Balaban J connectivity index is 1.46. The Morgan fingerprint density at radius 2 is 1.70 bits per heavy atom. The van der Waals surface area contributed by atoms with Gasteiger partial charge in [-0.25, -0.2) is 4.98 Å². The summed E-state index contributed by atoms with van der Waals surface area (Å²) in [7, 11) is 1.63. The fourth-order valence-corrected chi connectivity index (χ4v) is 5.53. The highest BCUT2D eigenvalue weighted by Crippen LogP contribution is 2.18. The second kappa shape index (κ2) is 15.4. The number of aryl methyl sites for hydroxylation is 1. The molecule has 9 heteroatoms. The topological polar surface area (TPSA) is 104 Å². The molecule has 0 aliphatic heterocycles. The Morgan fingerprint density at radius 3 is 2.40 bits per heavy atom. The van der Waals surface area contributed by atoms with Gasteiger partial charge < -0.3 is 25.4 Å². The third-order valence-corrected chi connectivity index (χ3v) is 8.08. The molecule has 1 aromatic heterocycles. The van der Waals surface area contributed by atoms with Gasteiger partial charge in [-0.2, -0.15) is 0 Å². The zero-order valence-corrected chi connectivity index (χ0v) is 25.9. The third-order valence-electron chi connectivity index (χ3n) is 7.12. The minimum absolute atomic E-state index is 0.0518. The van der Waals surface area contributed by atoms with E-state index in [1.54, 1.807) is 36.3 Å². The van der Waals surface area contributed by atoms with E-state index in [2.05, 4.69) is 15.6 Å². The number of carbonyl (C=O) groups is 2. The van der Waals surface area contributed by atoms with Gasteiger partial charge in [0.15, 0.2) is 0 Å². The summed E-state index contributed by atoms with van der Waals surface area (Å²) in [4.78, 5) is 33.3. The number of hydrogen-bond acceptors (Lipinski definition) is 7. The Morgan fingerprint density at radius 1 is 0.977 bits per heavy atom. The first-order valence-electron chi connectivity index (χ1n) is 14.4. The summed E-state index contributed by atoms with van der Waals surface area (Å²) < 4.78 is 5.30. The molecule has 0 fully saturated rings. The van der Waals surface area contributed by atoms with Crippen LogP contribution in [0.4, 0.5) is 0 Å². The molecule has 8 nitrogen and oxygen atoms in total. The van der Waals surface area contributed by atoms with Crippen molar-refractivity contribution in [3.63, 3.8) is 0 Å². The van der Waals surface area contributed by atoms with Crippen LogP contribution in [0, 0.1) is 6.92 Å². The SMILES string of the molecule is COc1cccc(CNCC(O)C(Cc2ccccc2)NC(=O)c2cccc(C(=O)N(Cc3nc(C)cs3)C(C)C)c2)c1. The van der Waals surface area contributed by atoms with Crippen LogP contribution in [0.2, 0.25) is 0 Å². The van der Waals surface area contributed by atoms with Crippen molar-refractivity contribution in [2.75, 3.05) is 13.7 Å². The minimum atomic E-state index is -0.863. The summed E-state index contributed by atoms with van der Waals surface area (Å²) in [6.45, 7) is 7.08. The van der Waals surface area contributed by atoms with Gasteiger partial charge in [0.05, 0.1) is 25.8 Å². The number of aliphatic hydroxyl groups excluding tert-OH is 1. The molecule has 3 aromatic carbocycles. The van der Waals surface area contributed by atoms with Gasteiger partial charge in [-0.1, -0.05) is 48.5 Å². The summed E-state index contributed by atoms with van der Waals surface area (Å²) in [6.07, 6.45) is -0.417. The number of methoxy groups -OCH3 is 1. The van der Waals surface area contributed by atoms with E-state index < -0.39 is 12.1 Å². The number of nitrogens with one attached hydrogen (secondary N) is 2. The number of carbonyl (C=O) groups excluding carboxylic acids is 2. The van der Waals surface area contributed by atoms with Crippen LogP contribution in [0.3, 0.4) is 0 Å². The standard InChI is InChI=1S/C34H40N4O4S/c1-23(2)38(21-32-36-24(3)22-43-32)34(41)28-14-9-13-27(18-28)33(40)37-30(17-25-10-6-5-7-11-25)31(39)20-35-19-26-12-8-15-29(16-26)42-4/h5-16,18,22-23,30-31,35,39H,17,19-21H2,1-4H3,(H,37,40). The summed E-state index contributed by atoms with van der Waals surface area (Å²) in [5.74, 6) is 0.249. The zero-order chi connectivity index (χ0) is 30.8. The van der Waals surface area contributed by atoms with E-state index in [4.69, 9.17) is 4.74 Å². The molecule has 4 rings (SSSR count). The van der Waals surface area contributed by atoms with E-state index in [0.717, 1.165) is 27.6 Å². The number of thiazole rings is 1. The van der Waals surface area contributed by atoms with Crippen molar-refractivity contribution in [3.8, 4) is 5.75 Å². The van der Waals surface area contributed by atoms with Crippen LogP contribution in [0.25, 0.3) is 0 Å². The molecule has 0 saturated heterocycles.